The fourth-order valence-electron chi connectivity index (χ4n) is 3.59. The zero-order valence-electron chi connectivity index (χ0n) is 16.8. The summed E-state index contributed by atoms with van der Waals surface area (Å²) in [5.74, 6) is -1.37. The molecule has 1 fully saturated rings. The van der Waals surface area contributed by atoms with E-state index in [1.54, 1.807) is 22.9 Å². The van der Waals surface area contributed by atoms with Crippen LogP contribution in [0.1, 0.15) is 29.6 Å². The van der Waals surface area contributed by atoms with Crippen LogP contribution in [0, 0.1) is 0 Å². The Morgan fingerprint density at radius 3 is 2.45 bits per heavy atom. The van der Waals surface area contributed by atoms with E-state index in [-0.39, 0.29) is 24.6 Å². The largest absolute Gasteiger partial charge is 0.354 e. The van der Waals surface area contributed by atoms with Crippen LogP contribution in [-0.2, 0) is 25.6 Å². The fourth-order valence-corrected chi connectivity index (χ4v) is 3.59. The third-order valence-electron chi connectivity index (χ3n) is 5.21. The number of likely N-dealkylation sites (tertiary alicyclic amines) is 1. The highest BCUT2D eigenvalue weighted by atomic mass is 16.7. The smallest absolute Gasteiger partial charge is 0.292 e. The number of para-hydroxylation sites is 1. The number of carbonyl (C=O) groups excluding carboxylic acids is 3. The van der Waals surface area contributed by atoms with Crippen LogP contribution < -0.4 is 5.32 Å². The number of nitrogens with zero attached hydrogens (tertiary/aromatic N) is 2. The molecule has 1 aliphatic rings. The number of methoxy groups -OCH3 is 2. The SMILES string of the molecule is COC(CNC(=O)C(=O)c1cn(CC(=O)N2CCCCC2)c2ccccc12)OC. The molecular weight excluding hydrogens is 374 g/mol. The van der Waals surface area contributed by atoms with Gasteiger partial charge in [-0.15, -0.1) is 0 Å². The number of nitrogens with one attached hydrogen (secondary N) is 1. The lowest BCUT2D eigenvalue weighted by Crippen LogP contribution is -2.38. The molecule has 2 amide bonds. The Hall–Kier alpha value is -2.71. The third kappa shape index (κ3) is 4.83. The van der Waals surface area contributed by atoms with Gasteiger partial charge in [0.2, 0.25) is 5.91 Å². The Bertz CT molecular complexity index is 882. The molecule has 0 saturated carbocycles. The summed E-state index contributed by atoms with van der Waals surface area (Å²) >= 11 is 0. The van der Waals surface area contributed by atoms with Gasteiger partial charge in [0.05, 0.1) is 12.1 Å². The van der Waals surface area contributed by atoms with Crippen LogP contribution in [0.25, 0.3) is 10.9 Å². The lowest BCUT2D eigenvalue weighted by atomic mass is 10.1. The van der Waals surface area contributed by atoms with Gasteiger partial charge in [-0.05, 0) is 25.3 Å². The van der Waals surface area contributed by atoms with Crippen LogP contribution in [-0.4, -0.2) is 67.2 Å². The van der Waals surface area contributed by atoms with E-state index in [0.29, 0.717) is 5.39 Å². The minimum atomic E-state index is -0.741. The Morgan fingerprint density at radius 1 is 1.07 bits per heavy atom. The van der Waals surface area contributed by atoms with Gasteiger partial charge in [0, 0.05) is 44.4 Å². The molecule has 0 spiro atoms. The van der Waals surface area contributed by atoms with Crippen molar-refractivity contribution in [3.63, 3.8) is 0 Å². The molecule has 0 radical (unpaired) electrons. The van der Waals surface area contributed by atoms with Crippen molar-refractivity contribution in [2.24, 2.45) is 0 Å². The maximum atomic E-state index is 12.7. The number of rotatable bonds is 8. The summed E-state index contributed by atoms with van der Waals surface area (Å²) in [5.41, 5.74) is 1.02. The second-order valence-electron chi connectivity index (χ2n) is 7.07. The Labute approximate surface area is 169 Å². The van der Waals surface area contributed by atoms with Gasteiger partial charge in [-0.25, -0.2) is 0 Å². The summed E-state index contributed by atoms with van der Waals surface area (Å²) in [6, 6.07) is 7.28. The normalized spacial score (nSPS) is 14.4. The van der Waals surface area contributed by atoms with Gasteiger partial charge in [0.1, 0.15) is 6.54 Å². The van der Waals surface area contributed by atoms with Gasteiger partial charge in [-0.1, -0.05) is 18.2 Å². The van der Waals surface area contributed by atoms with Crippen LogP contribution in [0.15, 0.2) is 30.5 Å². The van der Waals surface area contributed by atoms with Crippen molar-refractivity contribution in [2.45, 2.75) is 32.1 Å². The highest BCUT2D eigenvalue weighted by Gasteiger charge is 2.24. The number of ether oxygens (including phenoxy) is 2. The molecule has 0 unspecified atom stereocenters. The van der Waals surface area contributed by atoms with Gasteiger partial charge >= 0.3 is 0 Å². The number of hydrogen-bond donors (Lipinski definition) is 1. The quantitative estimate of drug-likeness (QED) is 0.412. The Balaban J connectivity index is 1.79. The molecule has 2 aromatic rings. The van der Waals surface area contributed by atoms with Crippen molar-refractivity contribution in [1.29, 1.82) is 0 Å². The molecular formula is C21H27N3O5. The molecule has 1 aromatic carbocycles. The van der Waals surface area contributed by atoms with Crippen LogP contribution in [0.3, 0.4) is 0 Å². The minimum absolute atomic E-state index is 0.0249. The first-order valence-electron chi connectivity index (χ1n) is 9.79. The van der Waals surface area contributed by atoms with E-state index in [2.05, 4.69) is 5.32 Å². The second-order valence-corrected chi connectivity index (χ2v) is 7.07. The molecule has 1 aliphatic heterocycles. The summed E-state index contributed by atoms with van der Waals surface area (Å²) in [5, 5.41) is 3.17. The van der Waals surface area contributed by atoms with Gasteiger partial charge in [0.15, 0.2) is 6.29 Å². The molecule has 8 nitrogen and oxygen atoms in total. The number of amides is 2. The predicted octanol–water partition coefficient (Wildman–Crippen LogP) is 1.57. The third-order valence-corrected chi connectivity index (χ3v) is 5.21. The number of ketones is 1. The monoisotopic (exact) mass is 401 g/mol. The average molecular weight is 401 g/mol. The predicted molar refractivity (Wildman–Crippen MR) is 108 cm³/mol. The van der Waals surface area contributed by atoms with E-state index in [1.807, 2.05) is 17.0 Å². The molecule has 1 saturated heterocycles. The van der Waals surface area contributed by atoms with E-state index < -0.39 is 18.0 Å². The first kappa shape index (κ1) is 21.0. The summed E-state index contributed by atoms with van der Waals surface area (Å²) in [4.78, 5) is 39.6. The minimum Gasteiger partial charge on any atom is -0.354 e. The molecule has 156 valence electrons. The molecule has 3 rings (SSSR count). The molecule has 0 bridgehead atoms. The molecule has 0 atom stereocenters. The highest BCUT2D eigenvalue weighted by Crippen LogP contribution is 2.22. The first-order chi connectivity index (χ1) is 14.0. The maximum Gasteiger partial charge on any atom is 0.292 e. The van der Waals surface area contributed by atoms with Crippen molar-refractivity contribution >= 4 is 28.5 Å². The van der Waals surface area contributed by atoms with Crippen LogP contribution >= 0.6 is 0 Å². The maximum absolute atomic E-state index is 12.7. The summed E-state index contributed by atoms with van der Waals surface area (Å²) < 4.78 is 11.8. The zero-order valence-corrected chi connectivity index (χ0v) is 16.8. The van der Waals surface area contributed by atoms with E-state index >= 15 is 0 Å². The molecule has 0 aliphatic carbocycles. The lowest BCUT2D eigenvalue weighted by molar-refractivity contribution is -0.132. The Kier molecular flexibility index (Phi) is 7.00. The molecule has 1 aromatic heterocycles. The number of aromatic nitrogens is 1. The second kappa shape index (κ2) is 9.67. The zero-order chi connectivity index (χ0) is 20.8. The fraction of sp³-hybridized carbons (Fsp3) is 0.476. The molecule has 2 heterocycles. The number of Topliss-reactive ketones (excluding diaryl/α,β-unsaturated/α-hetero) is 1. The van der Waals surface area contributed by atoms with E-state index in [0.717, 1.165) is 37.9 Å². The summed E-state index contributed by atoms with van der Waals surface area (Å²) in [7, 11) is 2.91. The van der Waals surface area contributed by atoms with E-state index in [4.69, 9.17) is 9.47 Å². The molecule has 29 heavy (non-hydrogen) atoms. The summed E-state index contributed by atoms with van der Waals surface area (Å²) in [6.07, 6.45) is 4.16. The van der Waals surface area contributed by atoms with Gasteiger partial charge in [0.25, 0.3) is 11.7 Å². The van der Waals surface area contributed by atoms with Crippen molar-refractivity contribution in [3.05, 3.63) is 36.0 Å². The molecule has 1 N–H and O–H groups in total. The van der Waals surface area contributed by atoms with Crippen LogP contribution in [0.4, 0.5) is 0 Å². The summed E-state index contributed by atoms with van der Waals surface area (Å²) in [6.45, 7) is 1.74. The highest BCUT2D eigenvalue weighted by molar-refractivity contribution is 6.45. The van der Waals surface area contributed by atoms with Crippen molar-refractivity contribution in [2.75, 3.05) is 33.9 Å². The number of piperidine rings is 1. The molecule has 8 heteroatoms. The van der Waals surface area contributed by atoms with E-state index in [1.165, 1.54) is 14.2 Å². The topological polar surface area (TPSA) is 89.9 Å². The van der Waals surface area contributed by atoms with Crippen LogP contribution in [0.5, 0.6) is 0 Å². The number of hydrogen-bond acceptors (Lipinski definition) is 5. The number of benzene rings is 1. The van der Waals surface area contributed by atoms with Crippen LogP contribution in [0.2, 0.25) is 0 Å². The van der Waals surface area contributed by atoms with E-state index in [9.17, 15) is 14.4 Å². The van der Waals surface area contributed by atoms with Crippen molar-refractivity contribution < 1.29 is 23.9 Å². The number of fused-ring (bicyclic) bond motifs is 1. The Morgan fingerprint density at radius 2 is 1.76 bits per heavy atom. The number of carbonyl (C=O) groups is 3. The average Bonchev–Trinajstić information content (AvgIpc) is 3.12. The van der Waals surface area contributed by atoms with Gasteiger partial charge < -0.3 is 24.3 Å². The van der Waals surface area contributed by atoms with Crippen molar-refractivity contribution in [1.82, 2.24) is 14.8 Å². The first-order valence-corrected chi connectivity index (χ1v) is 9.79. The lowest BCUT2D eigenvalue weighted by Gasteiger charge is -2.27. The van der Waals surface area contributed by atoms with Gasteiger partial charge in [-0.2, -0.15) is 0 Å². The van der Waals surface area contributed by atoms with Gasteiger partial charge in [-0.3, -0.25) is 14.4 Å². The van der Waals surface area contributed by atoms with Crippen molar-refractivity contribution in [3.8, 4) is 0 Å². The standard InChI is InChI=1S/C21H27N3O5/c1-28-19(29-2)12-22-21(27)20(26)16-13-24(17-9-5-4-8-15(16)17)14-18(25)23-10-6-3-7-11-23/h4-5,8-9,13,19H,3,6-7,10-12,14H2,1-2H3,(H,22,27).